The lowest BCUT2D eigenvalue weighted by Crippen LogP contribution is -2.12. The number of para-hydroxylation sites is 1. The van der Waals surface area contributed by atoms with Crippen LogP contribution in [0.5, 0.6) is 0 Å². The average molecular weight is 270 g/mol. The number of nitro benzene ring substituents is 1. The number of nitrogens with zero attached hydrogens (tertiary/aromatic N) is 1. The summed E-state index contributed by atoms with van der Waals surface area (Å²) in [5.74, 6) is 1.20. The Balaban J connectivity index is 2.83. The van der Waals surface area contributed by atoms with Crippen LogP contribution in [0, 0.1) is 10.1 Å². The summed E-state index contributed by atoms with van der Waals surface area (Å²) in [5.41, 5.74) is 0.432. The van der Waals surface area contributed by atoms with Gasteiger partial charge in [0.05, 0.1) is 11.5 Å². The molecule has 6 nitrogen and oxygen atoms in total. The van der Waals surface area contributed by atoms with E-state index in [2.05, 4.69) is 11.7 Å². The zero-order valence-corrected chi connectivity index (χ0v) is 10.9. The third kappa shape index (κ3) is 3.77. The highest BCUT2D eigenvalue weighted by atomic mass is 31.2. The van der Waals surface area contributed by atoms with Crippen molar-refractivity contribution < 1.29 is 14.0 Å². The minimum absolute atomic E-state index is 0.0166. The fourth-order valence-electron chi connectivity index (χ4n) is 1.39. The Hall–Kier alpha value is -1.49. The average Bonchev–Trinajstić information content (AvgIpc) is 2.37. The number of rotatable bonds is 7. The molecule has 98 valence electrons. The molecule has 0 aromatic heterocycles. The smallest absolute Gasteiger partial charge is 0.292 e. The quantitative estimate of drug-likeness (QED) is 0.468. The molecule has 0 spiro atoms. The predicted molar refractivity (Wildman–Crippen MR) is 69.4 cm³/mol. The summed E-state index contributed by atoms with van der Waals surface area (Å²) in [4.78, 5) is 10.3. The number of nitrogens with one attached hydrogen (secondary N) is 1. The van der Waals surface area contributed by atoms with Crippen molar-refractivity contribution in [1.29, 1.82) is 0 Å². The summed E-state index contributed by atoms with van der Waals surface area (Å²) in [6, 6.07) is 6.27. The van der Waals surface area contributed by atoms with Gasteiger partial charge < -0.3 is 4.52 Å². The Kier molecular flexibility index (Phi) is 5.22. The minimum Gasteiger partial charge on any atom is -0.315 e. The van der Waals surface area contributed by atoms with E-state index in [4.69, 9.17) is 4.52 Å². The van der Waals surface area contributed by atoms with Gasteiger partial charge in [0.1, 0.15) is 0 Å². The summed E-state index contributed by atoms with van der Waals surface area (Å²) < 4.78 is 17.1. The van der Waals surface area contributed by atoms with Gasteiger partial charge in [-0.05, 0) is 6.92 Å². The van der Waals surface area contributed by atoms with Crippen LogP contribution in [-0.2, 0) is 15.6 Å². The highest BCUT2D eigenvalue weighted by Crippen LogP contribution is 2.43. The van der Waals surface area contributed by atoms with Crippen molar-refractivity contribution in [1.82, 2.24) is 5.09 Å². The van der Waals surface area contributed by atoms with Crippen LogP contribution in [0.2, 0.25) is 0 Å². The van der Waals surface area contributed by atoms with Crippen LogP contribution in [0.25, 0.3) is 0 Å². The van der Waals surface area contributed by atoms with Crippen molar-refractivity contribution in [3.8, 4) is 0 Å². The molecule has 1 N–H and O–H groups in total. The fraction of sp³-hybridized carbons (Fsp3) is 0.273. The van der Waals surface area contributed by atoms with Gasteiger partial charge in [0.25, 0.3) is 13.2 Å². The molecule has 0 heterocycles. The van der Waals surface area contributed by atoms with E-state index in [0.29, 0.717) is 5.56 Å². The molecule has 1 atom stereocenters. The first-order valence-corrected chi connectivity index (χ1v) is 7.07. The minimum atomic E-state index is -3.12. The van der Waals surface area contributed by atoms with Crippen molar-refractivity contribution in [2.24, 2.45) is 0 Å². The van der Waals surface area contributed by atoms with Crippen molar-refractivity contribution in [3.05, 3.63) is 52.3 Å². The Bertz CT molecular complexity index is 490. The van der Waals surface area contributed by atoms with Gasteiger partial charge in [0, 0.05) is 24.0 Å². The predicted octanol–water partition coefficient (Wildman–Crippen LogP) is 3.06. The normalized spacial score (nSPS) is 13.8. The maximum Gasteiger partial charge on any atom is 0.292 e. The van der Waals surface area contributed by atoms with E-state index in [1.165, 1.54) is 11.9 Å². The van der Waals surface area contributed by atoms with E-state index < -0.39 is 12.4 Å². The summed E-state index contributed by atoms with van der Waals surface area (Å²) in [6.07, 6.45) is 0. The Morgan fingerprint density at radius 1 is 1.56 bits per heavy atom. The molecule has 1 unspecified atom stereocenters. The lowest BCUT2D eigenvalue weighted by Gasteiger charge is -2.14. The number of nitro groups is 1. The molecule has 1 rings (SSSR count). The lowest BCUT2D eigenvalue weighted by molar-refractivity contribution is -0.385. The molecule has 1 aromatic carbocycles. The maximum atomic E-state index is 12.0. The van der Waals surface area contributed by atoms with Gasteiger partial charge in [-0.3, -0.25) is 14.7 Å². The molecule has 1 aromatic rings. The molecule has 0 radical (unpaired) electrons. The van der Waals surface area contributed by atoms with Crippen molar-refractivity contribution >= 4 is 13.2 Å². The summed E-state index contributed by atoms with van der Waals surface area (Å²) in [7, 11) is -3.12. The number of hydrogen-bond acceptors (Lipinski definition) is 4. The number of hydrogen-bond donors (Lipinski definition) is 1. The second kappa shape index (κ2) is 6.44. The summed E-state index contributed by atoms with van der Waals surface area (Å²) >= 11 is 0. The van der Waals surface area contributed by atoms with Gasteiger partial charge in [-0.2, -0.15) is 0 Å². The third-order valence-electron chi connectivity index (χ3n) is 2.24. The zero-order valence-electron chi connectivity index (χ0n) is 10.0. The molecular weight excluding hydrogens is 255 g/mol. The highest BCUT2D eigenvalue weighted by Gasteiger charge is 2.19. The standard InChI is InChI=1S/C11H15N2O4P/c1-3-17-18(16,4-2)12-9-10-7-5-6-8-11(10)13(14)15/h4-8H,2-3,9H2,1H3,(H,12,16). The van der Waals surface area contributed by atoms with E-state index >= 15 is 0 Å². The molecule has 0 aliphatic rings. The molecular formula is C11H15N2O4P. The first kappa shape index (κ1) is 14.6. The van der Waals surface area contributed by atoms with Gasteiger partial charge in [0.15, 0.2) is 0 Å². The number of benzene rings is 1. The van der Waals surface area contributed by atoms with Crippen LogP contribution in [-0.4, -0.2) is 11.5 Å². The zero-order chi connectivity index (χ0) is 13.6. The molecule has 0 aliphatic carbocycles. The second-order valence-electron chi connectivity index (χ2n) is 3.42. The van der Waals surface area contributed by atoms with Crippen LogP contribution >= 0.6 is 7.52 Å². The van der Waals surface area contributed by atoms with E-state index in [0.717, 1.165) is 0 Å². The molecule has 0 saturated carbocycles. The van der Waals surface area contributed by atoms with Crippen molar-refractivity contribution in [2.75, 3.05) is 6.61 Å². The van der Waals surface area contributed by atoms with Gasteiger partial charge in [-0.15, -0.1) is 0 Å². The van der Waals surface area contributed by atoms with Crippen LogP contribution in [0.1, 0.15) is 12.5 Å². The van der Waals surface area contributed by atoms with Gasteiger partial charge in [0.2, 0.25) is 0 Å². The Morgan fingerprint density at radius 2 is 2.22 bits per heavy atom. The van der Waals surface area contributed by atoms with Crippen LogP contribution in [0.3, 0.4) is 0 Å². The topological polar surface area (TPSA) is 81.5 Å². The van der Waals surface area contributed by atoms with Gasteiger partial charge in [-0.1, -0.05) is 24.8 Å². The molecule has 7 heteroatoms. The van der Waals surface area contributed by atoms with Crippen LogP contribution in [0.15, 0.2) is 36.7 Å². The van der Waals surface area contributed by atoms with E-state index in [1.807, 2.05) is 0 Å². The Morgan fingerprint density at radius 3 is 2.78 bits per heavy atom. The molecule has 0 bridgehead atoms. The summed E-state index contributed by atoms with van der Waals surface area (Å²) in [6.45, 7) is 5.50. The monoisotopic (exact) mass is 270 g/mol. The highest BCUT2D eigenvalue weighted by molar-refractivity contribution is 7.60. The largest absolute Gasteiger partial charge is 0.315 e. The second-order valence-corrected chi connectivity index (χ2v) is 5.55. The van der Waals surface area contributed by atoms with Crippen molar-refractivity contribution in [2.45, 2.75) is 13.5 Å². The molecule has 0 amide bonds. The lowest BCUT2D eigenvalue weighted by atomic mass is 10.2. The van der Waals surface area contributed by atoms with Crippen LogP contribution < -0.4 is 5.09 Å². The Labute approximate surface area is 105 Å². The van der Waals surface area contributed by atoms with Crippen LogP contribution in [0.4, 0.5) is 5.69 Å². The molecule has 0 saturated heterocycles. The third-order valence-corrected chi connectivity index (χ3v) is 3.96. The van der Waals surface area contributed by atoms with E-state index in [9.17, 15) is 14.7 Å². The van der Waals surface area contributed by atoms with Crippen molar-refractivity contribution in [3.63, 3.8) is 0 Å². The SMILES string of the molecule is C=CP(=O)(NCc1ccccc1[N+](=O)[O-])OCC. The first-order valence-electron chi connectivity index (χ1n) is 5.37. The molecule has 0 fully saturated rings. The van der Waals surface area contributed by atoms with E-state index in [-0.39, 0.29) is 18.8 Å². The van der Waals surface area contributed by atoms with Gasteiger partial charge in [-0.25, -0.2) is 5.09 Å². The van der Waals surface area contributed by atoms with E-state index in [1.54, 1.807) is 25.1 Å². The summed E-state index contributed by atoms with van der Waals surface area (Å²) in [5, 5.41) is 13.5. The molecule has 18 heavy (non-hydrogen) atoms. The fourth-order valence-corrected chi connectivity index (χ4v) is 2.49. The first-order chi connectivity index (χ1) is 8.52. The van der Waals surface area contributed by atoms with Gasteiger partial charge >= 0.3 is 0 Å². The maximum absolute atomic E-state index is 12.0. The molecule has 0 aliphatic heterocycles.